The van der Waals surface area contributed by atoms with Crippen LogP contribution in [0.4, 0.5) is 0 Å². The number of nitrogens with zero attached hydrogens (tertiary/aromatic N) is 1. The molecule has 1 N–H and O–H groups in total. The molecule has 0 aliphatic rings. The summed E-state index contributed by atoms with van der Waals surface area (Å²) in [4.78, 5) is 4.43. The number of hydrogen-bond acceptors (Lipinski definition) is 4. The summed E-state index contributed by atoms with van der Waals surface area (Å²) >= 11 is 1.57. The molecule has 1 aromatic heterocycles. The second kappa shape index (κ2) is 6.37. The molecule has 0 aliphatic carbocycles. The van der Waals surface area contributed by atoms with Gasteiger partial charge in [0.15, 0.2) is 0 Å². The standard InChI is InChI=1S/C16H21NO2S/c1-4-12-6-5-7-13(10-12)19-9-8-15-17-14(11-20-15)16(2,3)18/h5-7,10-11,18H,4,8-9H2,1-3H3. The van der Waals surface area contributed by atoms with Crippen LogP contribution in [0.3, 0.4) is 0 Å². The Kier molecular flexibility index (Phi) is 4.78. The van der Waals surface area contributed by atoms with Gasteiger partial charge < -0.3 is 9.84 Å². The fourth-order valence-electron chi connectivity index (χ4n) is 1.82. The summed E-state index contributed by atoms with van der Waals surface area (Å²) in [6, 6.07) is 8.17. The number of rotatable bonds is 6. The average Bonchev–Trinajstić information content (AvgIpc) is 2.88. The smallest absolute Gasteiger partial charge is 0.119 e. The Bertz CT molecular complexity index is 558. The molecule has 3 nitrogen and oxygen atoms in total. The van der Waals surface area contributed by atoms with E-state index in [1.807, 2.05) is 17.5 Å². The number of aryl methyl sites for hydroxylation is 1. The average molecular weight is 291 g/mol. The van der Waals surface area contributed by atoms with Crippen LogP contribution in [-0.2, 0) is 18.4 Å². The van der Waals surface area contributed by atoms with Crippen molar-refractivity contribution >= 4 is 11.3 Å². The van der Waals surface area contributed by atoms with Crippen LogP contribution in [-0.4, -0.2) is 16.7 Å². The van der Waals surface area contributed by atoms with E-state index in [4.69, 9.17) is 4.74 Å². The van der Waals surface area contributed by atoms with Crippen molar-refractivity contribution in [2.24, 2.45) is 0 Å². The van der Waals surface area contributed by atoms with Crippen LogP contribution in [0.25, 0.3) is 0 Å². The van der Waals surface area contributed by atoms with Gasteiger partial charge in [0.25, 0.3) is 0 Å². The highest BCUT2D eigenvalue weighted by Gasteiger charge is 2.19. The fourth-order valence-corrected chi connectivity index (χ4v) is 2.76. The molecular formula is C16H21NO2S. The molecule has 0 bridgehead atoms. The summed E-state index contributed by atoms with van der Waals surface area (Å²) in [6.07, 6.45) is 1.77. The first-order valence-corrected chi connectivity index (χ1v) is 7.76. The second-order valence-electron chi connectivity index (χ2n) is 5.28. The normalized spacial score (nSPS) is 11.6. The van der Waals surface area contributed by atoms with Gasteiger partial charge in [-0.3, -0.25) is 0 Å². The number of aliphatic hydroxyl groups is 1. The van der Waals surface area contributed by atoms with Gasteiger partial charge in [0, 0.05) is 11.8 Å². The molecule has 0 fully saturated rings. The Morgan fingerprint density at radius 1 is 1.35 bits per heavy atom. The largest absolute Gasteiger partial charge is 0.493 e. The molecule has 0 aliphatic heterocycles. The van der Waals surface area contributed by atoms with E-state index in [9.17, 15) is 5.11 Å². The molecule has 0 atom stereocenters. The summed E-state index contributed by atoms with van der Waals surface area (Å²) < 4.78 is 5.75. The topological polar surface area (TPSA) is 42.4 Å². The molecule has 1 aromatic carbocycles. The maximum Gasteiger partial charge on any atom is 0.119 e. The first-order chi connectivity index (χ1) is 9.49. The summed E-state index contributed by atoms with van der Waals surface area (Å²) in [7, 11) is 0. The number of ether oxygens (including phenoxy) is 1. The predicted molar refractivity (Wildman–Crippen MR) is 82.4 cm³/mol. The van der Waals surface area contributed by atoms with Crippen molar-refractivity contribution < 1.29 is 9.84 Å². The first-order valence-electron chi connectivity index (χ1n) is 6.88. The van der Waals surface area contributed by atoms with Crippen LogP contribution < -0.4 is 4.74 Å². The van der Waals surface area contributed by atoms with Gasteiger partial charge >= 0.3 is 0 Å². The van der Waals surface area contributed by atoms with Crippen molar-refractivity contribution in [1.82, 2.24) is 4.98 Å². The summed E-state index contributed by atoms with van der Waals surface area (Å²) in [5.41, 5.74) is 1.14. The molecule has 20 heavy (non-hydrogen) atoms. The van der Waals surface area contributed by atoms with Crippen molar-refractivity contribution in [3.63, 3.8) is 0 Å². The number of benzene rings is 1. The summed E-state index contributed by atoms with van der Waals surface area (Å²) in [6.45, 7) is 6.23. The molecule has 4 heteroatoms. The van der Waals surface area contributed by atoms with E-state index in [0.29, 0.717) is 6.61 Å². The Morgan fingerprint density at radius 3 is 2.80 bits per heavy atom. The number of thiazole rings is 1. The molecule has 0 unspecified atom stereocenters. The van der Waals surface area contributed by atoms with Gasteiger partial charge in [-0.25, -0.2) is 4.98 Å². The molecule has 0 spiro atoms. The Labute approximate surface area is 124 Å². The molecule has 0 saturated heterocycles. The maximum absolute atomic E-state index is 9.88. The third kappa shape index (κ3) is 4.05. The highest BCUT2D eigenvalue weighted by atomic mass is 32.1. The van der Waals surface area contributed by atoms with E-state index < -0.39 is 5.60 Å². The minimum Gasteiger partial charge on any atom is -0.493 e. The lowest BCUT2D eigenvalue weighted by Crippen LogP contribution is -2.16. The van der Waals surface area contributed by atoms with E-state index in [1.54, 1.807) is 25.2 Å². The predicted octanol–water partition coefficient (Wildman–Crippen LogP) is 3.55. The summed E-state index contributed by atoms with van der Waals surface area (Å²) in [5, 5.41) is 12.8. The van der Waals surface area contributed by atoms with Crippen LogP contribution >= 0.6 is 11.3 Å². The lowest BCUT2D eigenvalue weighted by molar-refractivity contribution is 0.0743. The minimum absolute atomic E-state index is 0.603. The van der Waals surface area contributed by atoms with Gasteiger partial charge in [-0.2, -0.15) is 0 Å². The van der Waals surface area contributed by atoms with Crippen molar-refractivity contribution in [2.75, 3.05) is 6.61 Å². The fraction of sp³-hybridized carbons (Fsp3) is 0.438. The van der Waals surface area contributed by atoms with Gasteiger partial charge in [0.2, 0.25) is 0 Å². The van der Waals surface area contributed by atoms with Crippen LogP contribution in [0.2, 0.25) is 0 Å². The number of hydrogen-bond donors (Lipinski definition) is 1. The zero-order valence-corrected chi connectivity index (χ0v) is 13.0. The third-order valence-electron chi connectivity index (χ3n) is 3.07. The Balaban J connectivity index is 1.88. The van der Waals surface area contributed by atoms with E-state index in [-0.39, 0.29) is 0 Å². The zero-order chi connectivity index (χ0) is 14.6. The van der Waals surface area contributed by atoms with Crippen molar-refractivity contribution in [3.05, 3.63) is 45.9 Å². The Hall–Kier alpha value is -1.39. The molecule has 2 aromatic rings. The molecule has 0 radical (unpaired) electrons. The highest BCUT2D eigenvalue weighted by molar-refractivity contribution is 7.09. The number of aromatic nitrogens is 1. The van der Waals surface area contributed by atoms with Crippen molar-refractivity contribution in [3.8, 4) is 5.75 Å². The zero-order valence-electron chi connectivity index (χ0n) is 12.2. The van der Waals surface area contributed by atoms with E-state index in [0.717, 1.165) is 29.3 Å². The van der Waals surface area contributed by atoms with Gasteiger partial charge in [-0.05, 0) is 38.0 Å². The van der Waals surface area contributed by atoms with E-state index in [1.165, 1.54) is 5.56 Å². The SMILES string of the molecule is CCc1cccc(OCCc2nc(C(C)(C)O)cs2)c1. The summed E-state index contributed by atoms with van der Waals surface area (Å²) in [5.74, 6) is 0.906. The second-order valence-corrected chi connectivity index (χ2v) is 6.23. The molecule has 2 rings (SSSR count). The third-order valence-corrected chi connectivity index (χ3v) is 3.98. The van der Waals surface area contributed by atoms with Crippen LogP contribution in [0.15, 0.2) is 29.6 Å². The molecule has 1 heterocycles. The Morgan fingerprint density at radius 2 is 2.15 bits per heavy atom. The van der Waals surface area contributed by atoms with Gasteiger partial charge in [-0.1, -0.05) is 19.1 Å². The van der Waals surface area contributed by atoms with Gasteiger partial charge in [-0.15, -0.1) is 11.3 Å². The lowest BCUT2D eigenvalue weighted by atomic mass is 10.1. The van der Waals surface area contributed by atoms with Crippen LogP contribution in [0.1, 0.15) is 37.0 Å². The van der Waals surface area contributed by atoms with E-state index in [2.05, 4.69) is 24.0 Å². The van der Waals surface area contributed by atoms with Gasteiger partial charge in [0.05, 0.1) is 17.3 Å². The monoisotopic (exact) mass is 291 g/mol. The van der Waals surface area contributed by atoms with Crippen molar-refractivity contribution in [2.45, 2.75) is 39.2 Å². The van der Waals surface area contributed by atoms with Crippen LogP contribution in [0, 0.1) is 0 Å². The van der Waals surface area contributed by atoms with Gasteiger partial charge in [0.1, 0.15) is 11.4 Å². The molecular weight excluding hydrogens is 270 g/mol. The molecule has 0 amide bonds. The maximum atomic E-state index is 9.88. The minimum atomic E-state index is -0.870. The van der Waals surface area contributed by atoms with E-state index >= 15 is 0 Å². The quantitative estimate of drug-likeness (QED) is 0.885. The first kappa shape index (κ1) is 15.0. The van der Waals surface area contributed by atoms with Crippen LogP contribution in [0.5, 0.6) is 5.75 Å². The highest BCUT2D eigenvalue weighted by Crippen LogP contribution is 2.22. The molecule has 108 valence electrons. The molecule has 0 saturated carbocycles. The lowest BCUT2D eigenvalue weighted by Gasteiger charge is -2.13. The van der Waals surface area contributed by atoms with Crippen molar-refractivity contribution in [1.29, 1.82) is 0 Å².